The molecular formula is C10H15BrN4O2. The molecule has 0 saturated carbocycles. The molecule has 1 aliphatic heterocycles. The van der Waals surface area contributed by atoms with Crippen molar-refractivity contribution in [2.75, 3.05) is 19.8 Å². The van der Waals surface area contributed by atoms with E-state index in [1.807, 2.05) is 0 Å². The third kappa shape index (κ3) is 2.14. The van der Waals surface area contributed by atoms with Crippen molar-refractivity contribution < 1.29 is 9.53 Å². The number of ether oxygens (including phenoxy) is 1. The van der Waals surface area contributed by atoms with Gasteiger partial charge >= 0.3 is 0 Å². The number of nitrogens with two attached hydrogens (primary N) is 1. The van der Waals surface area contributed by atoms with Crippen LogP contribution in [0.5, 0.6) is 0 Å². The van der Waals surface area contributed by atoms with Gasteiger partial charge in [-0.2, -0.15) is 0 Å². The van der Waals surface area contributed by atoms with E-state index >= 15 is 0 Å². The van der Waals surface area contributed by atoms with Gasteiger partial charge < -0.3 is 10.5 Å². The lowest BCUT2D eigenvalue weighted by Gasteiger charge is -2.34. The summed E-state index contributed by atoms with van der Waals surface area (Å²) in [6.45, 7) is 1.48. The third-order valence-electron chi connectivity index (χ3n) is 3.32. The lowest BCUT2D eigenvalue weighted by Crippen LogP contribution is -2.44. The number of hydrogen-bond acceptors (Lipinski definition) is 5. The van der Waals surface area contributed by atoms with Crippen molar-refractivity contribution in [2.24, 2.45) is 18.2 Å². The molecule has 0 atom stereocenters. The Balaban J connectivity index is 2.35. The van der Waals surface area contributed by atoms with E-state index in [0.29, 0.717) is 42.9 Å². The second-order valence-corrected chi connectivity index (χ2v) is 5.03. The number of carbonyl (C=O) groups is 1. The Morgan fingerprint density at radius 1 is 1.59 bits per heavy atom. The Kier molecular flexibility index (Phi) is 3.60. The van der Waals surface area contributed by atoms with E-state index in [0.717, 1.165) is 0 Å². The number of carbonyl (C=O) groups excluding carboxylic acids is 1. The number of hydrogen-bond donors (Lipinski definition) is 1. The van der Waals surface area contributed by atoms with Crippen LogP contribution >= 0.6 is 15.9 Å². The van der Waals surface area contributed by atoms with Crippen molar-refractivity contribution in [1.29, 1.82) is 0 Å². The summed E-state index contributed by atoms with van der Waals surface area (Å²) < 4.78 is 7.26. The number of nitrogens with zero attached hydrogens (tertiary/aromatic N) is 3. The van der Waals surface area contributed by atoms with Gasteiger partial charge in [-0.15, -0.1) is 5.10 Å². The highest BCUT2D eigenvalue weighted by atomic mass is 79.9. The van der Waals surface area contributed by atoms with Crippen molar-refractivity contribution in [3.8, 4) is 0 Å². The largest absolute Gasteiger partial charge is 0.381 e. The minimum Gasteiger partial charge on any atom is -0.381 e. The Hall–Kier alpha value is -0.790. The van der Waals surface area contributed by atoms with Gasteiger partial charge in [0, 0.05) is 26.8 Å². The zero-order valence-corrected chi connectivity index (χ0v) is 11.2. The van der Waals surface area contributed by atoms with Gasteiger partial charge in [-0.05, 0) is 28.8 Å². The fourth-order valence-corrected chi connectivity index (χ4v) is 2.62. The van der Waals surface area contributed by atoms with Crippen LogP contribution in [0.15, 0.2) is 4.60 Å². The summed E-state index contributed by atoms with van der Waals surface area (Å²) in [5.74, 6) is 0.00248. The van der Waals surface area contributed by atoms with Crippen LogP contribution in [0.4, 0.5) is 0 Å². The molecule has 1 aromatic heterocycles. The minimum atomic E-state index is -0.532. The predicted molar refractivity (Wildman–Crippen MR) is 64.6 cm³/mol. The monoisotopic (exact) mass is 302 g/mol. The van der Waals surface area contributed by atoms with Gasteiger partial charge in [0.05, 0.1) is 5.41 Å². The smallest absolute Gasteiger partial charge is 0.191 e. The second-order valence-electron chi connectivity index (χ2n) is 4.28. The van der Waals surface area contributed by atoms with Gasteiger partial charge in [-0.3, -0.25) is 4.79 Å². The van der Waals surface area contributed by atoms with Crippen molar-refractivity contribution in [1.82, 2.24) is 15.0 Å². The van der Waals surface area contributed by atoms with Crippen LogP contribution in [0.3, 0.4) is 0 Å². The average molecular weight is 303 g/mol. The molecule has 1 aliphatic rings. The molecule has 0 spiro atoms. The first-order chi connectivity index (χ1) is 8.10. The van der Waals surface area contributed by atoms with Crippen LogP contribution in [0.2, 0.25) is 0 Å². The summed E-state index contributed by atoms with van der Waals surface area (Å²) in [7, 11) is 1.70. The minimum absolute atomic E-state index is 0.00248. The summed E-state index contributed by atoms with van der Waals surface area (Å²) in [4.78, 5) is 12.6. The number of aryl methyl sites for hydroxylation is 1. The molecule has 2 rings (SSSR count). The number of Topliss-reactive ketones (excluding diaryl/α,β-unsaturated/α-hetero) is 1. The molecule has 0 aromatic carbocycles. The first kappa shape index (κ1) is 12.7. The van der Waals surface area contributed by atoms with Crippen LogP contribution in [-0.4, -0.2) is 40.5 Å². The maximum Gasteiger partial charge on any atom is 0.191 e. The van der Waals surface area contributed by atoms with E-state index in [1.54, 1.807) is 7.05 Å². The molecule has 0 bridgehead atoms. The van der Waals surface area contributed by atoms with Gasteiger partial charge in [0.1, 0.15) is 5.69 Å². The summed E-state index contributed by atoms with van der Waals surface area (Å²) in [6, 6.07) is 0. The van der Waals surface area contributed by atoms with Crippen LogP contribution in [0.25, 0.3) is 0 Å². The number of ketones is 1. The highest BCUT2D eigenvalue weighted by molar-refractivity contribution is 9.10. The Labute approximate surface area is 108 Å². The van der Waals surface area contributed by atoms with Crippen molar-refractivity contribution in [2.45, 2.75) is 12.8 Å². The molecule has 1 fully saturated rings. The molecule has 1 aromatic rings. The second kappa shape index (κ2) is 4.83. The van der Waals surface area contributed by atoms with E-state index in [9.17, 15) is 4.79 Å². The van der Waals surface area contributed by atoms with Crippen LogP contribution < -0.4 is 5.73 Å². The predicted octanol–water partition coefficient (Wildman–Crippen LogP) is 0.516. The maximum atomic E-state index is 12.6. The zero-order chi connectivity index (χ0) is 12.5. The maximum absolute atomic E-state index is 12.6. The number of halogens is 1. The molecule has 7 heteroatoms. The van der Waals surface area contributed by atoms with E-state index < -0.39 is 5.41 Å². The Bertz CT molecular complexity index is 406. The van der Waals surface area contributed by atoms with Gasteiger partial charge in [-0.1, -0.05) is 5.21 Å². The average Bonchev–Trinajstić information content (AvgIpc) is 2.69. The van der Waals surface area contributed by atoms with Gasteiger partial charge in [-0.25, -0.2) is 4.68 Å². The molecule has 0 amide bonds. The topological polar surface area (TPSA) is 83.0 Å². The SMILES string of the molecule is Cn1nnc(Br)c1C(=O)C1(CN)CCOCC1. The first-order valence-electron chi connectivity index (χ1n) is 5.48. The van der Waals surface area contributed by atoms with Crippen molar-refractivity contribution in [3.63, 3.8) is 0 Å². The molecule has 6 nitrogen and oxygen atoms in total. The third-order valence-corrected chi connectivity index (χ3v) is 3.86. The molecular weight excluding hydrogens is 288 g/mol. The standard InChI is InChI=1S/C10H15BrN4O2/c1-15-7(9(11)13-14-15)8(16)10(6-12)2-4-17-5-3-10/h2-6,12H2,1H3. The normalized spacial score (nSPS) is 19.2. The highest BCUT2D eigenvalue weighted by Crippen LogP contribution is 2.34. The Morgan fingerprint density at radius 3 is 2.71 bits per heavy atom. The highest BCUT2D eigenvalue weighted by Gasteiger charge is 2.41. The van der Waals surface area contributed by atoms with Crippen LogP contribution in [0.1, 0.15) is 23.3 Å². The summed E-state index contributed by atoms with van der Waals surface area (Å²) in [5.41, 5.74) is 5.76. The zero-order valence-electron chi connectivity index (χ0n) is 9.65. The Morgan fingerprint density at radius 2 is 2.24 bits per heavy atom. The molecule has 17 heavy (non-hydrogen) atoms. The van der Waals surface area contributed by atoms with E-state index in [4.69, 9.17) is 10.5 Å². The number of rotatable bonds is 3. The fraction of sp³-hybridized carbons (Fsp3) is 0.700. The van der Waals surface area contributed by atoms with Crippen molar-refractivity contribution >= 4 is 21.7 Å². The molecule has 0 radical (unpaired) electrons. The quantitative estimate of drug-likeness (QED) is 0.823. The van der Waals surface area contributed by atoms with Crippen LogP contribution in [-0.2, 0) is 11.8 Å². The molecule has 94 valence electrons. The summed E-state index contributed by atoms with van der Waals surface area (Å²) in [6.07, 6.45) is 1.31. The number of aromatic nitrogens is 3. The van der Waals surface area contributed by atoms with Crippen LogP contribution in [0, 0.1) is 5.41 Å². The molecule has 2 N–H and O–H groups in total. The van der Waals surface area contributed by atoms with Crippen molar-refractivity contribution in [3.05, 3.63) is 10.3 Å². The van der Waals surface area contributed by atoms with E-state index in [1.165, 1.54) is 4.68 Å². The first-order valence-corrected chi connectivity index (χ1v) is 6.28. The lowest BCUT2D eigenvalue weighted by atomic mass is 9.75. The summed E-state index contributed by atoms with van der Waals surface area (Å²) in [5, 5.41) is 7.66. The molecule has 0 aliphatic carbocycles. The van der Waals surface area contributed by atoms with Gasteiger partial charge in [0.2, 0.25) is 0 Å². The molecule has 2 heterocycles. The van der Waals surface area contributed by atoms with Gasteiger partial charge in [0.25, 0.3) is 0 Å². The fourth-order valence-electron chi connectivity index (χ4n) is 2.11. The summed E-state index contributed by atoms with van der Waals surface area (Å²) >= 11 is 3.25. The van der Waals surface area contributed by atoms with Gasteiger partial charge in [0.15, 0.2) is 10.4 Å². The van der Waals surface area contributed by atoms with E-state index in [-0.39, 0.29) is 5.78 Å². The molecule has 0 unspecified atom stereocenters. The lowest BCUT2D eigenvalue weighted by molar-refractivity contribution is 0.0194. The van der Waals surface area contributed by atoms with E-state index in [2.05, 4.69) is 26.2 Å². The molecule has 1 saturated heterocycles.